The van der Waals surface area contributed by atoms with E-state index in [1.807, 2.05) is 0 Å². The number of aryl methyl sites for hydroxylation is 2. The number of H-pyrrole nitrogens is 1. The summed E-state index contributed by atoms with van der Waals surface area (Å²) in [4.78, 5) is 34.5. The number of hydrogen-bond donors (Lipinski definition) is 2. The van der Waals surface area contributed by atoms with Crippen LogP contribution in [0.1, 0.15) is 67.6 Å². The molecule has 7 heteroatoms. The summed E-state index contributed by atoms with van der Waals surface area (Å²) in [7, 11) is 0. The Bertz CT molecular complexity index is 884. The minimum absolute atomic E-state index is 0.00484. The second kappa shape index (κ2) is 9.44. The largest absolute Gasteiger partial charge is 0.356 e. The average Bonchev–Trinajstić information content (AvgIpc) is 3.09. The average molecular weight is 420 g/mol. The number of fused-ring (bicyclic) bond motifs is 3. The number of amides is 1. The van der Waals surface area contributed by atoms with E-state index < -0.39 is 0 Å². The lowest BCUT2D eigenvalue weighted by atomic mass is 9.89. The Balaban J connectivity index is 1.25. The number of nitrogens with one attached hydrogen (secondary N) is 2. The zero-order valence-corrected chi connectivity index (χ0v) is 18.0. The SMILES string of the molecule is O=C(CCSCc1nc2sc3c(c2c(=O)[nH]1)CCCC3)NCC1CCCCC1. The first kappa shape index (κ1) is 20.0. The van der Waals surface area contributed by atoms with Crippen molar-refractivity contribution in [1.29, 1.82) is 0 Å². The predicted octanol–water partition coefficient (Wildman–Crippen LogP) is 4.18. The normalized spacial score (nSPS) is 17.6. The van der Waals surface area contributed by atoms with Crippen LogP contribution < -0.4 is 10.9 Å². The van der Waals surface area contributed by atoms with Gasteiger partial charge in [-0.2, -0.15) is 11.8 Å². The minimum atomic E-state index is 0.00484. The summed E-state index contributed by atoms with van der Waals surface area (Å²) in [6.07, 6.45) is 11.4. The van der Waals surface area contributed by atoms with Crippen LogP contribution in [0.2, 0.25) is 0 Å². The van der Waals surface area contributed by atoms with Crippen molar-refractivity contribution in [3.8, 4) is 0 Å². The van der Waals surface area contributed by atoms with E-state index in [2.05, 4.69) is 10.3 Å². The molecule has 28 heavy (non-hydrogen) atoms. The van der Waals surface area contributed by atoms with Crippen molar-refractivity contribution in [2.75, 3.05) is 12.3 Å². The Morgan fingerprint density at radius 2 is 2.00 bits per heavy atom. The second-order valence-electron chi connectivity index (χ2n) is 8.01. The molecule has 0 unspecified atom stereocenters. The molecule has 0 aromatic carbocycles. The van der Waals surface area contributed by atoms with Crippen molar-refractivity contribution in [3.63, 3.8) is 0 Å². The Morgan fingerprint density at radius 3 is 2.86 bits per heavy atom. The van der Waals surface area contributed by atoms with Crippen LogP contribution in [0.5, 0.6) is 0 Å². The molecule has 0 atom stereocenters. The van der Waals surface area contributed by atoms with Crippen molar-refractivity contribution in [3.05, 3.63) is 26.6 Å². The molecule has 2 aliphatic rings. The van der Waals surface area contributed by atoms with Crippen LogP contribution in [0.15, 0.2) is 4.79 Å². The van der Waals surface area contributed by atoms with Gasteiger partial charge in [0, 0.05) is 23.6 Å². The molecule has 1 amide bonds. The Hall–Kier alpha value is -1.34. The molecule has 4 rings (SSSR count). The molecule has 0 radical (unpaired) electrons. The molecule has 2 aliphatic carbocycles. The maximum atomic E-state index is 12.5. The Morgan fingerprint density at radius 1 is 1.18 bits per heavy atom. The van der Waals surface area contributed by atoms with Crippen LogP contribution >= 0.6 is 23.1 Å². The van der Waals surface area contributed by atoms with Gasteiger partial charge >= 0.3 is 0 Å². The van der Waals surface area contributed by atoms with Crippen LogP contribution in [0.25, 0.3) is 10.2 Å². The molecule has 0 bridgehead atoms. The number of nitrogens with zero attached hydrogens (tertiary/aromatic N) is 1. The van der Waals surface area contributed by atoms with E-state index in [9.17, 15) is 9.59 Å². The molecule has 2 heterocycles. The lowest BCUT2D eigenvalue weighted by Gasteiger charge is -2.21. The summed E-state index contributed by atoms with van der Waals surface area (Å²) < 4.78 is 0. The van der Waals surface area contributed by atoms with Gasteiger partial charge < -0.3 is 10.3 Å². The zero-order chi connectivity index (χ0) is 19.3. The fraction of sp³-hybridized carbons (Fsp3) is 0.667. The van der Waals surface area contributed by atoms with Crippen molar-refractivity contribution in [2.45, 2.75) is 70.0 Å². The zero-order valence-electron chi connectivity index (χ0n) is 16.3. The number of carbonyl (C=O) groups excluding carboxylic acids is 1. The molecule has 2 N–H and O–H groups in total. The van der Waals surface area contributed by atoms with E-state index in [4.69, 9.17) is 4.98 Å². The first-order valence-electron chi connectivity index (χ1n) is 10.6. The van der Waals surface area contributed by atoms with E-state index in [0.29, 0.717) is 18.1 Å². The fourth-order valence-corrected chi connectivity index (χ4v) is 6.43. The van der Waals surface area contributed by atoms with E-state index in [1.54, 1.807) is 23.1 Å². The maximum absolute atomic E-state index is 12.5. The van der Waals surface area contributed by atoms with Crippen LogP contribution in [0.4, 0.5) is 0 Å². The number of rotatable bonds is 7. The maximum Gasteiger partial charge on any atom is 0.259 e. The highest BCUT2D eigenvalue weighted by molar-refractivity contribution is 7.98. The van der Waals surface area contributed by atoms with Crippen LogP contribution in [-0.4, -0.2) is 28.2 Å². The topological polar surface area (TPSA) is 74.8 Å². The van der Waals surface area contributed by atoms with Gasteiger partial charge in [-0.1, -0.05) is 19.3 Å². The van der Waals surface area contributed by atoms with Crippen molar-refractivity contribution in [1.82, 2.24) is 15.3 Å². The molecule has 5 nitrogen and oxygen atoms in total. The fourth-order valence-electron chi connectivity index (χ4n) is 4.35. The highest BCUT2D eigenvalue weighted by atomic mass is 32.2. The van der Waals surface area contributed by atoms with Gasteiger partial charge in [0.05, 0.1) is 11.1 Å². The third-order valence-corrected chi connectivity index (χ3v) is 8.06. The van der Waals surface area contributed by atoms with Gasteiger partial charge in [0.1, 0.15) is 10.7 Å². The standard InChI is InChI=1S/C21H29N3O2S2/c25-18(22-12-14-6-2-1-3-7-14)10-11-27-13-17-23-20(26)19-15-8-4-5-9-16(15)28-21(19)24-17/h14H,1-13H2,(H,22,25)(H,23,24,26). The predicted molar refractivity (Wildman–Crippen MR) is 117 cm³/mol. The summed E-state index contributed by atoms with van der Waals surface area (Å²) in [5, 5.41) is 3.90. The van der Waals surface area contributed by atoms with Crippen molar-refractivity contribution in [2.24, 2.45) is 5.92 Å². The first-order chi connectivity index (χ1) is 13.7. The summed E-state index contributed by atoms with van der Waals surface area (Å²) >= 11 is 3.35. The van der Waals surface area contributed by atoms with E-state index in [1.165, 1.54) is 55.4 Å². The number of thioether (sulfide) groups is 1. The Labute approximate surface area is 174 Å². The summed E-state index contributed by atoms with van der Waals surface area (Å²) in [5.41, 5.74) is 1.24. The quantitative estimate of drug-likeness (QED) is 0.660. The third-order valence-electron chi connectivity index (χ3n) is 5.90. The van der Waals surface area contributed by atoms with Crippen LogP contribution in [-0.2, 0) is 23.4 Å². The highest BCUT2D eigenvalue weighted by Crippen LogP contribution is 2.33. The molecule has 0 saturated heterocycles. The molecule has 0 aliphatic heterocycles. The van der Waals surface area contributed by atoms with Gasteiger partial charge in [-0.05, 0) is 50.0 Å². The molecule has 2 aromatic rings. The monoisotopic (exact) mass is 419 g/mol. The number of carbonyl (C=O) groups is 1. The van der Waals surface area contributed by atoms with Gasteiger partial charge in [0.15, 0.2) is 0 Å². The number of hydrogen-bond acceptors (Lipinski definition) is 5. The van der Waals surface area contributed by atoms with Crippen molar-refractivity contribution >= 4 is 39.2 Å². The second-order valence-corrected chi connectivity index (χ2v) is 10.2. The summed E-state index contributed by atoms with van der Waals surface area (Å²) in [6, 6.07) is 0. The van der Waals surface area contributed by atoms with Gasteiger partial charge in [-0.25, -0.2) is 4.98 Å². The van der Waals surface area contributed by atoms with Gasteiger partial charge in [-0.3, -0.25) is 9.59 Å². The van der Waals surface area contributed by atoms with E-state index >= 15 is 0 Å². The van der Waals surface area contributed by atoms with E-state index in [0.717, 1.165) is 41.2 Å². The minimum Gasteiger partial charge on any atom is -0.356 e. The van der Waals surface area contributed by atoms with Gasteiger partial charge in [0.2, 0.25) is 5.91 Å². The van der Waals surface area contributed by atoms with Crippen molar-refractivity contribution < 1.29 is 4.79 Å². The smallest absolute Gasteiger partial charge is 0.259 e. The highest BCUT2D eigenvalue weighted by Gasteiger charge is 2.19. The number of thiophene rings is 1. The van der Waals surface area contributed by atoms with Crippen LogP contribution in [0, 0.1) is 5.92 Å². The molecular weight excluding hydrogens is 390 g/mol. The molecule has 2 aromatic heterocycles. The molecule has 1 saturated carbocycles. The lowest BCUT2D eigenvalue weighted by Crippen LogP contribution is -2.30. The molecular formula is C21H29N3O2S2. The first-order valence-corrected chi connectivity index (χ1v) is 12.6. The molecule has 152 valence electrons. The molecule has 1 fully saturated rings. The van der Waals surface area contributed by atoms with Gasteiger partial charge in [-0.15, -0.1) is 11.3 Å². The van der Waals surface area contributed by atoms with E-state index in [-0.39, 0.29) is 11.5 Å². The third kappa shape index (κ3) is 4.79. The molecule has 0 spiro atoms. The Kier molecular flexibility index (Phi) is 6.73. The summed E-state index contributed by atoms with van der Waals surface area (Å²) in [6.45, 7) is 0.831. The van der Waals surface area contributed by atoms with Crippen LogP contribution in [0.3, 0.4) is 0 Å². The summed E-state index contributed by atoms with van der Waals surface area (Å²) in [5.74, 6) is 2.93. The number of aromatic amines is 1. The number of aromatic nitrogens is 2. The van der Waals surface area contributed by atoms with Gasteiger partial charge in [0.25, 0.3) is 5.56 Å². The lowest BCUT2D eigenvalue weighted by molar-refractivity contribution is -0.120.